The fraction of sp³-hybridized carbons (Fsp3) is 0.881. The lowest BCUT2D eigenvalue weighted by atomic mass is 9.98. The number of esters is 2. The maximum Gasteiger partial charge on any atom is 0.306 e. The van der Waals surface area contributed by atoms with E-state index in [1.807, 2.05) is 0 Å². The number of nitrogens with one attached hydrogen (secondary N) is 1. The highest BCUT2D eigenvalue weighted by Crippen LogP contribution is 2.28. The number of hydrogen-bond acceptors (Lipinski definition) is 14. The highest BCUT2D eigenvalue weighted by molar-refractivity contribution is 7.99. The van der Waals surface area contributed by atoms with Crippen LogP contribution in [-0.2, 0) is 28.6 Å². The molecule has 15 nitrogen and oxygen atoms in total. The fourth-order valence-corrected chi connectivity index (χ4v) is 7.83. The number of unbranched alkanes of at least 4 members (excludes halogenated alkanes) is 20. The van der Waals surface area contributed by atoms with Crippen molar-refractivity contribution in [1.29, 1.82) is 0 Å². The average Bonchev–Trinajstić information content (AvgIpc) is 3.68. The van der Waals surface area contributed by atoms with Gasteiger partial charge in [0.25, 0.3) is 0 Å². The van der Waals surface area contributed by atoms with Gasteiger partial charge in [-0.05, 0) is 12.8 Å². The standard InChI is InChI=1S/C42H77N5O10S/c1-3-5-7-9-11-13-15-17-19-21-23-25-36(49)55-29-32(56-37(50)26-24-22-20-18-16-14-12-10-8-6-4-2)30-58-31-33(43)41(54)44-35-27-47(46-45-35)42-40(53)39(52)38(51)34(28-48)57-42/h27,32-34,38-40,42,48,51-53H,3-26,28-31,43H2,1-2H3,(H,44,54)/t32-,33-,34?,38?,39?,40?,42-/m1/s1. The summed E-state index contributed by atoms with van der Waals surface area (Å²) in [5, 5.41) is 50.2. The van der Waals surface area contributed by atoms with Crippen molar-refractivity contribution in [3.05, 3.63) is 6.20 Å². The monoisotopic (exact) mass is 844 g/mol. The van der Waals surface area contributed by atoms with Gasteiger partial charge in [0, 0.05) is 24.3 Å². The minimum atomic E-state index is -1.60. The summed E-state index contributed by atoms with van der Waals surface area (Å²) in [6, 6.07) is -0.987. The van der Waals surface area contributed by atoms with Crippen molar-refractivity contribution in [3.63, 3.8) is 0 Å². The van der Waals surface area contributed by atoms with Crippen LogP contribution in [0.2, 0.25) is 0 Å². The van der Waals surface area contributed by atoms with Gasteiger partial charge in [-0.1, -0.05) is 147 Å². The normalized spacial score (nSPS) is 20.4. The molecule has 4 unspecified atom stereocenters. The van der Waals surface area contributed by atoms with Crippen molar-refractivity contribution in [1.82, 2.24) is 15.0 Å². The molecule has 0 spiro atoms. The van der Waals surface area contributed by atoms with Crippen LogP contribution in [0.1, 0.15) is 174 Å². The predicted octanol–water partition coefficient (Wildman–Crippen LogP) is 6.11. The highest BCUT2D eigenvalue weighted by atomic mass is 32.2. The van der Waals surface area contributed by atoms with Crippen molar-refractivity contribution in [2.24, 2.45) is 5.73 Å². The molecule has 0 bridgehead atoms. The Bertz CT molecular complexity index is 1230. The number of aromatic nitrogens is 3. The first-order valence-electron chi connectivity index (χ1n) is 22.3. The van der Waals surface area contributed by atoms with E-state index in [1.54, 1.807) is 0 Å². The third kappa shape index (κ3) is 22.3. The Labute approximate surface area is 351 Å². The van der Waals surface area contributed by atoms with Crippen LogP contribution in [0.3, 0.4) is 0 Å². The van der Waals surface area contributed by atoms with Gasteiger partial charge in [-0.15, -0.1) is 5.10 Å². The van der Waals surface area contributed by atoms with E-state index in [2.05, 4.69) is 29.5 Å². The van der Waals surface area contributed by atoms with Gasteiger partial charge in [-0.25, -0.2) is 4.68 Å². The molecule has 0 aromatic carbocycles. The quantitative estimate of drug-likeness (QED) is 0.0335. The molecule has 2 heterocycles. The maximum atomic E-state index is 12.9. The van der Waals surface area contributed by atoms with Crippen molar-refractivity contribution < 1.29 is 49.0 Å². The van der Waals surface area contributed by atoms with E-state index in [9.17, 15) is 34.8 Å². The van der Waals surface area contributed by atoms with Gasteiger partial charge in [-0.3, -0.25) is 14.4 Å². The van der Waals surface area contributed by atoms with E-state index >= 15 is 0 Å². The second-order valence-corrected chi connectivity index (χ2v) is 16.9. The van der Waals surface area contributed by atoms with E-state index in [4.69, 9.17) is 19.9 Å². The third-order valence-electron chi connectivity index (χ3n) is 10.5. The molecule has 1 fully saturated rings. The van der Waals surface area contributed by atoms with Crippen LogP contribution in [0.25, 0.3) is 0 Å². The number of amides is 1. The highest BCUT2D eigenvalue weighted by Gasteiger charge is 2.44. The van der Waals surface area contributed by atoms with Crippen molar-refractivity contribution in [2.45, 2.75) is 211 Å². The van der Waals surface area contributed by atoms with Gasteiger partial charge >= 0.3 is 11.9 Å². The van der Waals surface area contributed by atoms with E-state index in [0.29, 0.717) is 6.42 Å². The SMILES string of the molecule is CCCCCCCCCCCCCC(=O)OC[C@H](CSC[C@@H](N)C(=O)Nc1cn([C@@H]2OC(CO)C(O)C(O)C2O)nn1)OC(=O)CCCCCCCCCCCCC. The zero-order valence-electron chi connectivity index (χ0n) is 35.5. The molecule has 1 amide bonds. The lowest BCUT2D eigenvalue weighted by molar-refractivity contribution is -0.254. The Hall–Kier alpha value is -2.34. The summed E-state index contributed by atoms with van der Waals surface area (Å²) >= 11 is 1.29. The number of nitrogens with two attached hydrogens (primary N) is 1. The average molecular weight is 844 g/mol. The van der Waals surface area contributed by atoms with Gasteiger partial charge in [0.1, 0.15) is 37.1 Å². The molecule has 1 aliphatic rings. The van der Waals surface area contributed by atoms with Crippen LogP contribution in [0, 0.1) is 0 Å². The van der Waals surface area contributed by atoms with Gasteiger partial charge < -0.3 is 45.7 Å². The molecule has 7 atom stereocenters. The predicted molar refractivity (Wildman–Crippen MR) is 226 cm³/mol. The third-order valence-corrected chi connectivity index (χ3v) is 11.7. The Morgan fingerprint density at radius 3 is 1.78 bits per heavy atom. The zero-order chi connectivity index (χ0) is 42.4. The molecule has 1 saturated heterocycles. The summed E-state index contributed by atoms with van der Waals surface area (Å²) in [6.45, 7) is 3.78. The van der Waals surface area contributed by atoms with Gasteiger partial charge in [0.15, 0.2) is 12.0 Å². The lowest BCUT2D eigenvalue weighted by Gasteiger charge is -2.39. The molecular weight excluding hydrogens is 767 g/mol. The number of ether oxygens (including phenoxy) is 3. The molecule has 16 heteroatoms. The van der Waals surface area contributed by atoms with Crippen LogP contribution in [-0.4, -0.2) is 115 Å². The summed E-state index contributed by atoms with van der Waals surface area (Å²) in [5.74, 6) is -0.804. The number of carbonyl (C=O) groups is 3. The van der Waals surface area contributed by atoms with Crippen molar-refractivity contribution >= 4 is 35.4 Å². The van der Waals surface area contributed by atoms with E-state index in [1.165, 1.54) is 121 Å². The van der Waals surface area contributed by atoms with E-state index in [-0.39, 0.29) is 42.3 Å². The molecule has 0 saturated carbocycles. The van der Waals surface area contributed by atoms with E-state index < -0.39 is 55.3 Å². The molecule has 1 aliphatic heterocycles. The Morgan fingerprint density at radius 2 is 1.26 bits per heavy atom. The Kier molecular flexibility index (Phi) is 29.0. The van der Waals surface area contributed by atoms with E-state index in [0.717, 1.165) is 43.2 Å². The summed E-state index contributed by atoms with van der Waals surface area (Å²) in [4.78, 5) is 38.3. The first-order valence-corrected chi connectivity index (χ1v) is 23.5. The van der Waals surface area contributed by atoms with Crippen LogP contribution in [0.15, 0.2) is 6.20 Å². The smallest absolute Gasteiger partial charge is 0.306 e. The van der Waals surface area contributed by atoms with Crippen molar-refractivity contribution in [3.8, 4) is 0 Å². The Morgan fingerprint density at radius 1 is 0.759 bits per heavy atom. The number of nitrogens with zero attached hydrogens (tertiary/aromatic N) is 3. The zero-order valence-corrected chi connectivity index (χ0v) is 36.3. The number of hydrogen-bond donors (Lipinski definition) is 6. The van der Waals surface area contributed by atoms with Crippen LogP contribution >= 0.6 is 11.8 Å². The summed E-state index contributed by atoms with van der Waals surface area (Å²) < 4.78 is 17.8. The second-order valence-electron chi connectivity index (χ2n) is 15.8. The minimum absolute atomic E-state index is 0.00124. The summed E-state index contributed by atoms with van der Waals surface area (Å²) in [6.07, 6.45) is 20.0. The summed E-state index contributed by atoms with van der Waals surface area (Å²) in [5.41, 5.74) is 6.16. The van der Waals surface area contributed by atoms with Gasteiger partial charge in [0.05, 0.1) is 18.8 Å². The molecule has 1 aromatic rings. The summed E-state index contributed by atoms with van der Waals surface area (Å²) in [7, 11) is 0. The number of rotatable bonds is 35. The van der Waals surface area contributed by atoms with Crippen LogP contribution in [0.4, 0.5) is 5.82 Å². The number of aliphatic hydroxyl groups excluding tert-OH is 4. The van der Waals surface area contributed by atoms with Crippen LogP contribution < -0.4 is 11.1 Å². The van der Waals surface area contributed by atoms with Crippen molar-refractivity contribution in [2.75, 3.05) is 30.0 Å². The molecule has 1 aromatic heterocycles. The fourth-order valence-electron chi connectivity index (χ4n) is 6.87. The number of aliphatic hydroxyl groups is 4. The molecule has 0 aliphatic carbocycles. The molecule has 7 N–H and O–H groups in total. The maximum absolute atomic E-state index is 12.9. The van der Waals surface area contributed by atoms with Gasteiger partial charge in [-0.2, -0.15) is 11.8 Å². The first-order chi connectivity index (χ1) is 28.1. The molecule has 2 rings (SSSR count). The minimum Gasteiger partial charge on any atom is -0.462 e. The first kappa shape index (κ1) is 51.8. The van der Waals surface area contributed by atoms with Gasteiger partial charge in [0.2, 0.25) is 5.91 Å². The number of thioether (sulfide) groups is 1. The topological polar surface area (TPSA) is 229 Å². The molecule has 336 valence electrons. The number of anilines is 1. The number of carbonyl (C=O) groups excluding carboxylic acids is 3. The second kappa shape index (κ2) is 32.4. The molecule has 0 radical (unpaired) electrons. The largest absolute Gasteiger partial charge is 0.462 e. The Balaban J connectivity index is 1.78. The van der Waals surface area contributed by atoms with Crippen LogP contribution in [0.5, 0.6) is 0 Å². The molecular formula is C42H77N5O10S. The molecule has 58 heavy (non-hydrogen) atoms. The lowest BCUT2D eigenvalue weighted by Crippen LogP contribution is -2.56.